The van der Waals surface area contributed by atoms with Gasteiger partial charge in [-0.05, 0) is 36.8 Å². The second-order valence-electron chi connectivity index (χ2n) is 7.60. The van der Waals surface area contributed by atoms with Gasteiger partial charge < -0.3 is 14.4 Å². The van der Waals surface area contributed by atoms with Gasteiger partial charge in [0, 0.05) is 25.2 Å². The molecule has 2 aromatic rings. The number of amides is 1. The van der Waals surface area contributed by atoms with Gasteiger partial charge in [0.25, 0.3) is 5.91 Å². The van der Waals surface area contributed by atoms with E-state index in [1.807, 2.05) is 37.3 Å². The second-order valence-corrected chi connectivity index (χ2v) is 9.53. The van der Waals surface area contributed by atoms with Crippen LogP contribution in [-0.4, -0.2) is 69.0 Å². The Bertz CT molecular complexity index is 972. The van der Waals surface area contributed by atoms with E-state index in [-0.39, 0.29) is 23.0 Å². The highest BCUT2D eigenvalue weighted by Crippen LogP contribution is 2.26. The summed E-state index contributed by atoms with van der Waals surface area (Å²) in [5, 5.41) is 0. The minimum atomic E-state index is -3.57. The van der Waals surface area contributed by atoms with Crippen molar-refractivity contribution >= 4 is 15.9 Å². The van der Waals surface area contributed by atoms with Gasteiger partial charge in [0.05, 0.1) is 30.8 Å². The highest BCUT2D eigenvalue weighted by Gasteiger charge is 2.31. The van der Waals surface area contributed by atoms with Crippen molar-refractivity contribution in [3.63, 3.8) is 0 Å². The van der Waals surface area contributed by atoms with E-state index in [1.54, 1.807) is 17.0 Å². The Hall–Kier alpha value is -2.26. The molecule has 0 aromatic heterocycles. The molecule has 2 fully saturated rings. The van der Waals surface area contributed by atoms with Crippen molar-refractivity contribution in [2.24, 2.45) is 0 Å². The molecular formula is C22H26N2O5S. The molecule has 2 aromatic carbocycles. The van der Waals surface area contributed by atoms with E-state index in [4.69, 9.17) is 9.47 Å². The van der Waals surface area contributed by atoms with Gasteiger partial charge in [-0.3, -0.25) is 4.79 Å². The molecule has 0 spiro atoms. The lowest BCUT2D eigenvalue weighted by Gasteiger charge is -2.37. The van der Waals surface area contributed by atoms with Crippen molar-refractivity contribution in [3.8, 4) is 0 Å². The molecule has 0 saturated carbocycles. The fourth-order valence-electron chi connectivity index (χ4n) is 3.86. The number of carbonyl (C=O) groups is 1. The lowest BCUT2D eigenvalue weighted by Crippen LogP contribution is -2.46. The third-order valence-electron chi connectivity index (χ3n) is 5.43. The predicted molar refractivity (Wildman–Crippen MR) is 112 cm³/mol. The van der Waals surface area contributed by atoms with E-state index in [2.05, 4.69) is 0 Å². The van der Waals surface area contributed by atoms with Crippen LogP contribution in [0.3, 0.4) is 0 Å². The first-order chi connectivity index (χ1) is 14.4. The van der Waals surface area contributed by atoms with Crippen LogP contribution in [-0.2, 0) is 19.5 Å². The number of carbonyl (C=O) groups excluding carboxylic acids is 1. The van der Waals surface area contributed by atoms with Crippen molar-refractivity contribution in [1.82, 2.24) is 9.21 Å². The predicted octanol–water partition coefficient (Wildman–Crippen LogP) is 2.31. The van der Waals surface area contributed by atoms with Crippen LogP contribution in [0.4, 0.5) is 0 Å². The molecule has 30 heavy (non-hydrogen) atoms. The van der Waals surface area contributed by atoms with E-state index in [9.17, 15) is 13.2 Å². The summed E-state index contributed by atoms with van der Waals surface area (Å²) in [5.74, 6) is -0.124. The van der Waals surface area contributed by atoms with Gasteiger partial charge in [-0.2, -0.15) is 4.31 Å². The average Bonchev–Trinajstić information content (AvgIpc) is 2.79. The van der Waals surface area contributed by atoms with Crippen LogP contribution >= 0.6 is 0 Å². The van der Waals surface area contributed by atoms with E-state index < -0.39 is 10.0 Å². The Morgan fingerprint density at radius 2 is 1.63 bits per heavy atom. The van der Waals surface area contributed by atoms with Gasteiger partial charge in [0.1, 0.15) is 6.10 Å². The number of benzene rings is 2. The van der Waals surface area contributed by atoms with Gasteiger partial charge in [-0.15, -0.1) is 0 Å². The summed E-state index contributed by atoms with van der Waals surface area (Å²) in [7, 11) is -3.57. The molecule has 2 saturated heterocycles. The number of hydrogen-bond acceptors (Lipinski definition) is 5. The van der Waals surface area contributed by atoms with Gasteiger partial charge >= 0.3 is 0 Å². The number of morpholine rings is 2. The smallest absolute Gasteiger partial charge is 0.254 e. The number of ether oxygens (including phenoxy) is 2. The fraction of sp³-hybridized carbons (Fsp3) is 0.409. The van der Waals surface area contributed by atoms with Gasteiger partial charge in [-0.25, -0.2) is 8.42 Å². The molecule has 1 amide bonds. The molecule has 2 atom stereocenters. The van der Waals surface area contributed by atoms with Crippen molar-refractivity contribution in [3.05, 3.63) is 65.7 Å². The molecule has 2 unspecified atom stereocenters. The van der Waals surface area contributed by atoms with Gasteiger partial charge in [0.2, 0.25) is 10.0 Å². The van der Waals surface area contributed by atoms with E-state index in [1.165, 1.54) is 16.4 Å². The number of nitrogens with zero attached hydrogens (tertiary/aromatic N) is 2. The van der Waals surface area contributed by atoms with Crippen LogP contribution in [0.2, 0.25) is 0 Å². The standard InChI is InChI=1S/C22H26N2O5S/c1-17-15-23(16-21(29-17)18-5-3-2-4-6-18)22(25)19-7-9-20(10-8-19)30(26,27)24-11-13-28-14-12-24/h2-10,17,21H,11-16H2,1H3. The zero-order chi connectivity index (χ0) is 21.1. The topological polar surface area (TPSA) is 76.2 Å². The Balaban J connectivity index is 1.49. The first-order valence-electron chi connectivity index (χ1n) is 10.1. The van der Waals surface area contributed by atoms with E-state index >= 15 is 0 Å². The summed E-state index contributed by atoms with van der Waals surface area (Å²) in [6, 6.07) is 16.1. The van der Waals surface area contributed by atoms with Crippen LogP contribution in [0.25, 0.3) is 0 Å². The molecule has 8 heteroatoms. The highest BCUT2D eigenvalue weighted by atomic mass is 32.2. The van der Waals surface area contributed by atoms with Crippen molar-refractivity contribution in [2.75, 3.05) is 39.4 Å². The number of sulfonamides is 1. The first kappa shape index (κ1) is 21.0. The first-order valence-corrected chi connectivity index (χ1v) is 11.6. The SMILES string of the molecule is CC1CN(C(=O)c2ccc(S(=O)(=O)N3CCOCC3)cc2)CC(c2ccccc2)O1. The normalized spacial score (nSPS) is 23.3. The lowest BCUT2D eigenvalue weighted by molar-refractivity contribution is -0.0691. The van der Waals surface area contributed by atoms with Gasteiger partial charge in [-0.1, -0.05) is 30.3 Å². The summed E-state index contributed by atoms with van der Waals surface area (Å²) in [4.78, 5) is 15.0. The molecule has 2 aliphatic heterocycles. The lowest BCUT2D eigenvalue weighted by atomic mass is 10.1. The fourth-order valence-corrected chi connectivity index (χ4v) is 5.27. The Morgan fingerprint density at radius 1 is 0.967 bits per heavy atom. The molecule has 7 nitrogen and oxygen atoms in total. The molecule has 0 aliphatic carbocycles. The largest absolute Gasteiger partial charge is 0.379 e. The molecule has 2 heterocycles. The van der Waals surface area contributed by atoms with Crippen LogP contribution in [0.5, 0.6) is 0 Å². The Labute approximate surface area is 177 Å². The van der Waals surface area contributed by atoms with Crippen LogP contribution in [0.1, 0.15) is 28.9 Å². The van der Waals surface area contributed by atoms with Crippen molar-refractivity contribution < 1.29 is 22.7 Å². The molecule has 0 N–H and O–H groups in total. The highest BCUT2D eigenvalue weighted by molar-refractivity contribution is 7.89. The summed E-state index contributed by atoms with van der Waals surface area (Å²) >= 11 is 0. The minimum absolute atomic E-state index is 0.0890. The summed E-state index contributed by atoms with van der Waals surface area (Å²) in [6.45, 7) is 4.39. The number of hydrogen-bond donors (Lipinski definition) is 0. The van der Waals surface area contributed by atoms with Crippen molar-refractivity contribution in [2.45, 2.75) is 24.0 Å². The van der Waals surface area contributed by atoms with Crippen LogP contribution in [0, 0.1) is 0 Å². The Kier molecular flexibility index (Phi) is 6.19. The third-order valence-corrected chi connectivity index (χ3v) is 7.34. The zero-order valence-corrected chi connectivity index (χ0v) is 17.8. The van der Waals surface area contributed by atoms with E-state index in [0.717, 1.165) is 5.56 Å². The van der Waals surface area contributed by atoms with Gasteiger partial charge in [0.15, 0.2) is 0 Å². The summed E-state index contributed by atoms with van der Waals surface area (Å²) < 4.78 is 38.2. The Morgan fingerprint density at radius 3 is 2.30 bits per heavy atom. The molecule has 0 bridgehead atoms. The molecule has 2 aliphatic rings. The molecule has 160 valence electrons. The maximum absolute atomic E-state index is 13.1. The van der Waals surface area contributed by atoms with Crippen LogP contribution < -0.4 is 0 Å². The third kappa shape index (κ3) is 4.41. The minimum Gasteiger partial charge on any atom is -0.379 e. The van der Waals surface area contributed by atoms with Crippen LogP contribution in [0.15, 0.2) is 59.5 Å². The monoisotopic (exact) mass is 430 g/mol. The second kappa shape index (κ2) is 8.85. The van der Waals surface area contributed by atoms with Crippen molar-refractivity contribution in [1.29, 1.82) is 0 Å². The average molecular weight is 431 g/mol. The molecule has 0 radical (unpaired) electrons. The molecule has 4 rings (SSSR count). The summed E-state index contributed by atoms with van der Waals surface area (Å²) in [5.41, 5.74) is 1.51. The molecular weight excluding hydrogens is 404 g/mol. The zero-order valence-electron chi connectivity index (χ0n) is 16.9. The maximum Gasteiger partial charge on any atom is 0.254 e. The summed E-state index contributed by atoms with van der Waals surface area (Å²) in [6.07, 6.45) is -0.270. The number of rotatable bonds is 4. The van der Waals surface area contributed by atoms with E-state index in [0.29, 0.717) is 45.0 Å². The quantitative estimate of drug-likeness (QED) is 0.744. The maximum atomic E-state index is 13.1.